The number of aromatic amines is 1. The van der Waals surface area contributed by atoms with Crippen molar-refractivity contribution in [2.24, 2.45) is 13.0 Å². The van der Waals surface area contributed by atoms with Gasteiger partial charge in [0, 0.05) is 34.6 Å². The molecule has 1 aromatic heterocycles. The molecule has 1 unspecified atom stereocenters. The number of hydrogen-bond donors (Lipinski definition) is 2. The topological polar surface area (TPSA) is 56.3 Å². The summed E-state index contributed by atoms with van der Waals surface area (Å²) >= 11 is 0. The first-order chi connectivity index (χ1) is 12.6. The number of rotatable bonds is 4. The minimum Gasteiger partial charge on any atom is -0.367 e. The van der Waals surface area contributed by atoms with Gasteiger partial charge in [-0.25, -0.2) is 4.79 Å². The fourth-order valence-corrected chi connectivity index (χ4v) is 4.09. The molecule has 1 aromatic carbocycles. The van der Waals surface area contributed by atoms with Crippen LogP contribution >= 0.6 is 0 Å². The number of anilines is 1. The zero-order valence-corrected chi connectivity index (χ0v) is 15.0. The second-order valence-electron chi connectivity index (χ2n) is 7.27. The van der Waals surface area contributed by atoms with Crippen LogP contribution in [0, 0.1) is 5.92 Å². The molecule has 0 amide bonds. The van der Waals surface area contributed by atoms with Crippen LogP contribution in [0.2, 0.25) is 0 Å². The molecule has 2 aliphatic rings. The molecular formula is C19H29N5O. The van der Waals surface area contributed by atoms with E-state index in [1.54, 1.807) is 4.57 Å². The summed E-state index contributed by atoms with van der Waals surface area (Å²) in [6, 6.07) is 6.07. The summed E-state index contributed by atoms with van der Waals surface area (Å²) in [6.45, 7) is 6.85. The van der Waals surface area contributed by atoms with Gasteiger partial charge in [0.2, 0.25) is 0 Å². The Morgan fingerprint density at radius 3 is 2.72 bits per heavy atom. The van der Waals surface area contributed by atoms with E-state index in [1.807, 2.05) is 19.2 Å². The van der Waals surface area contributed by atoms with Crippen molar-refractivity contribution in [1.82, 2.24) is 19.8 Å². The van der Waals surface area contributed by atoms with Gasteiger partial charge in [-0.3, -0.25) is 9.47 Å². The van der Waals surface area contributed by atoms with Gasteiger partial charge < -0.3 is 15.2 Å². The minimum atomic E-state index is -0.0647. The maximum Gasteiger partial charge on any atom is 0.326 e. The standard InChI is InChI=1S/C19H29N5O/c1-22-18-16(21-19(22)25)3-2-4-17(18)24-13-11-23(12-14-24)10-7-15-5-8-20-9-6-15/h2-4,15,20H,5-14H2,1H3,(H,21,25)/i7D. The Bertz CT molecular complexity index is 802. The molecule has 6 heteroatoms. The molecule has 6 nitrogen and oxygen atoms in total. The number of piperazine rings is 1. The quantitative estimate of drug-likeness (QED) is 0.880. The van der Waals surface area contributed by atoms with Crippen LogP contribution in [-0.2, 0) is 7.05 Å². The average molecular weight is 344 g/mol. The number of fused-ring (bicyclic) bond motifs is 1. The lowest BCUT2D eigenvalue weighted by atomic mass is 9.94. The third kappa shape index (κ3) is 3.46. The molecule has 3 heterocycles. The van der Waals surface area contributed by atoms with Gasteiger partial charge in [-0.15, -0.1) is 0 Å². The summed E-state index contributed by atoms with van der Waals surface area (Å²) in [4.78, 5) is 19.7. The zero-order valence-electron chi connectivity index (χ0n) is 16.0. The summed E-state index contributed by atoms with van der Waals surface area (Å²) in [5.41, 5.74) is 2.95. The van der Waals surface area contributed by atoms with Crippen LogP contribution in [0.3, 0.4) is 0 Å². The van der Waals surface area contributed by atoms with Crippen LogP contribution in [0.1, 0.15) is 20.6 Å². The van der Waals surface area contributed by atoms with E-state index in [0.29, 0.717) is 5.92 Å². The van der Waals surface area contributed by atoms with Crippen LogP contribution in [0.4, 0.5) is 5.69 Å². The molecular weight excluding hydrogens is 314 g/mol. The molecule has 136 valence electrons. The maximum absolute atomic E-state index is 12.0. The van der Waals surface area contributed by atoms with Gasteiger partial charge >= 0.3 is 5.69 Å². The molecule has 0 aliphatic carbocycles. The van der Waals surface area contributed by atoms with E-state index in [0.717, 1.165) is 75.4 Å². The molecule has 2 aromatic rings. The second-order valence-corrected chi connectivity index (χ2v) is 7.27. The van der Waals surface area contributed by atoms with Crippen molar-refractivity contribution in [1.29, 1.82) is 0 Å². The first-order valence-corrected chi connectivity index (χ1v) is 9.41. The average Bonchev–Trinajstić information content (AvgIpc) is 2.97. The van der Waals surface area contributed by atoms with E-state index >= 15 is 0 Å². The predicted molar refractivity (Wildman–Crippen MR) is 102 cm³/mol. The predicted octanol–water partition coefficient (Wildman–Crippen LogP) is 1.38. The Kier molecular flexibility index (Phi) is 4.46. The van der Waals surface area contributed by atoms with E-state index in [4.69, 9.17) is 1.37 Å². The van der Waals surface area contributed by atoms with Crippen molar-refractivity contribution < 1.29 is 1.37 Å². The molecule has 1 atom stereocenters. The molecule has 0 bridgehead atoms. The maximum atomic E-state index is 12.0. The lowest BCUT2D eigenvalue weighted by Crippen LogP contribution is -2.47. The number of aromatic nitrogens is 2. The number of para-hydroxylation sites is 1. The van der Waals surface area contributed by atoms with Crippen molar-refractivity contribution >= 4 is 16.7 Å². The largest absolute Gasteiger partial charge is 0.367 e. The van der Waals surface area contributed by atoms with Crippen molar-refractivity contribution in [2.75, 3.05) is 50.7 Å². The number of aryl methyl sites for hydroxylation is 1. The van der Waals surface area contributed by atoms with E-state index in [1.165, 1.54) is 0 Å². The minimum absolute atomic E-state index is 0.0255. The lowest BCUT2D eigenvalue weighted by molar-refractivity contribution is 0.224. The molecule has 25 heavy (non-hydrogen) atoms. The SMILES string of the molecule is [2H]C(CN1CCN(c2cccc3[nH]c(=O)n(C)c23)CC1)C1CCNCC1. The van der Waals surface area contributed by atoms with Gasteiger partial charge in [0.1, 0.15) is 0 Å². The summed E-state index contributed by atoms with van der Waals surface area (Å²) in [5.74, 6) is 0.539. The number of hydrogen-bond acceptors (Lipinski definition) is 4. The Morgan fingerprint density at radius 2 is 1.96 bits per heavy atom. The van der Waals surface area contributed by atoms with Crippen molar-refractivity contribution in [3.05, 3.63) is 28.7 Å². The smallest absolute Gasteiger partial charge is 0.326 e. The fourth-order valence-electron chi connectivity index (χ4n) is 4.09. The van der Waals surface area contributed by atoms with E-state index in [2.05, 4.69) is 26.2 Å². The van der Waals surface area contributed by atoms with E-state index in [-0.39, 0.29) is 12.1 Å². The monoisotopic (exact) mass is 344 g/mol. The third-order valence-electron chi connectivity index (χ3n) is 5.69. The van der Waals surface area contributed by atoms with Crippen LogP contribution in [0.5, 0.6) is 0 Å². The van der Waals surface area contributed by atoms with Crippen LogP contribution < -0.4 is 15.9 Å². The number of nitrogens with one attached hydrogen (secondary N) is 2. The van der Waals surface area contributed by atoms with Crippen molar-refractivity contribution in [3.8, 4) is 0 Å². The van der Waals surface area contributed by atoms with Crippen LogP contribution in [-0.4, -0.2) is 60.3 Å². The highest BCUT2D eigenvalue weighted by atomic mass is 16.1. The first-order valence-electron chi connectivity index (χ1n) is 9.99. The summed E-state index contributed by atoms with van der Waals surface area (Å²) in [5, 5.41) is 3.39. The highest BCUT2D eigenvalue weighted by Gasteiger charge is 2.21. The van der Waals surface area contributed by atoms with Gasteiger partial charge in [-0.05, 0) is 56.9 Å². The molecule has 4 rings (SSSR count). The number of benzene rings is 1. The summed E-state index contributed by atoms with van der Waals surface area (Å²) < 4.78 is 10.2. The lowest BCUT2D eigenvalue weighted by Gasteiger charge is -2.37. The Balaban J connectivity index is 1.40. The van der Waals surface area contributed by atoms with Crippen LogP contribution in [0.25, 0.3) is 11.0 Å². The van der Waals surface area contributed by atoms with Crippen LogP contribution in [0.15, 0.2) is 23.0 Å². The number of nitrogens with zero attached hydrogens (tertiary/aromatic N) is 3. The molecule has 2 fully saturated rings. The summed E-state index contributed by atoms with van der Waals surface area (Å²) in [7, 11) is 1.82. The molecule has 0 saturated carbocycles. The molecule has 2 saturated heterocycles. The molecule has 0 spiro atoms. The third-order valence-corrected chi connectivity index (χ3v) is 5.69. The van der Waals surface area contributed by atoms with Gasteiger partial charge in [0.15, 0.2) is 0 Å². The Labute approximate surface area is 150 Å². The van der Waals surface area contributed by atoms with Crippen molar-refractivity contribution in [3.63, 3.8) is 0 Å². The fraction of sp³-hybridized carbons (Fsp3) is 0.632. The zero-order chi connectivity index (χ0) is 18.1. The number of piperidine rings is 1. The first kappa shape index (κ1) is 15.5. The normalized spacial score (nSPS) is 22.3. The molecule has 0 radical (unpaired) electrons. The molecule has 2 N–H and O–H groups in total. The number of H-pyrrole nitrogens is 1. The summed E-state index contributed by atoms with van der Waals surface area (Å²) in [6.07, 6.45) is 2.30. The second kappa shape index (κ2) is 7.22. The van der Waals surface area contributed by atoms with Gasteiger partial charge in [-0.2, -0.15) is 0 Å². The van der Waals surface area contributed by atoms with E-state index < -0.39 is 0 Å². The van der Waals surface area contributed by atoms with Crippen molar-refractivity contribution in [2.45, 2.75) is 19.2 Å². The highest BCUT2D eigenvalue weighted by molar-refractivity contribution is 5.89. The van der Waals surface area contributed by atoms with Gasteiger partial charge in [0.05, 0.1) is 16.7 Å². The number of imidazole rings is 1. The van der Waals surface area contributed by atoms with Gasteiger partial charge in [0.25, 0.3) is 0 Å². The Morgan fingerprint density at radius 1 is 1.20 bits per heavy atom. The highest BCUT2D eigenvalue weighted by Crippen LogP contribution is 2.26. The van der Waals surface area contributed by atoms with Gasteiger partial charge in [-0.1, -0.05) is 6.07 Å². The Hall–Kier alpha value is -1.79. The molecule has 2 aliphatic heterocycles. The van der Waals surface area contributed by atoms with E-state index in [9.17, 15) is 4.79 Å².